The third-order valence-electron chi connectivity index (χ3n) is 6.42. The van der Waals surface area contributed by atoms with Crippen LogP contribution in [-0.2, 0) is 22.9 Å². The highest BCUT2D eigenvalue weighted by atomic mass is 32.2. The van der Waals surface area contributed by atoms with E-state index < -0.39 is 22.5 Å². The van der Waals surface area contributed by atoms with Crippen LogP contribution in [0.4, 0.5) is 20.2 Å². The maximum absolute atomic E-state index is 13.6. The zero-order valence-corrected chi connectivity index (χ0v) is 19.8. The van der Waals surface area contributed by atoms with Crippen LogP contribution in [0, 0.1) is 0 Å². The highest BCUT2D eigenvalue weighted by molar-refractivity contribution is 7.92. The van der Waals surface area contributed by atoms with Gasteiger partial charge in [-0.1, -0.05) is 36.4 Å². The predicted octanol–water partition coefficient (Wildman–Crippen LogP) is 5.02. The second kappa shape index (κ2) is 8.96. The van der Waals surface area contributed by atoms with Gasteiger partial charge in [-0.25, -0.2) is 8.42 Å². The fraction of sp³-hybridized carbons (Fsp3) is 0.269. The van der Waals surface area contributed by atoms with E-state index in [0.717, 1.165) is 11.1 Å². The summed E-state index contributed by atoms with van der Waals surface area (Å²) >= 11 is 0. The minimum absolute atomic E-state index is 0.00116. The summed E-state index contributed by atoms with van der Waals surface area (Å²) in [7, 11) is -3.93. The molecule has 2 aliphatic rings. The fourth-order valence-corrected chi connectivity index (χ4v) is 6.71. The molecular formula is C26H24F2N2O4S. The summed E-state index contributed by atoms with van der Waals surface area (Å²) in [5, 5.41) is 0. The van der Waals surface area contributed by atoms with Gasteiger partial charge in [-0.2, -0.15) is 8.78 Å². The van der Waals surface area contributed by atoms with Crippen LogP contribution in [0.3, 0.4) is 0 Å². The van der Waals surface area contributed by atoms with E-state index >= 15 is 0 Å². The van der Waals surface area contributed by atoms with Gasteiger partial charge in [0.05, 0.1) is 16.3 Å². The summed E-state index contributed by atoms with van der Waals surface area (Å²) < 4.78 is 59.4. The number of sulfonamides is 1. The molecule has 3 aromatic carbocycles. The standard InChI is InChI=1S/C26H24F2N2O4S/c1-17-15-19-7-2-3-12-22(19)30(17)35(32,33)21-11-4-9-20(16-21)25(31)29-14-6-10-18-8-5-13-23(24(18)29)34-26(27)28/h2-5,7-9,11-13,16-17,26H,6,10,14-15H2,1H3. The highest BCUT2D eigenvalue weighted by Gasteiger charge is 2.36. The van der Waals surface area contributed by atoms with Crippen molar-refractivity contribution in [3.63, 3.8) is 0 Å². The zero-order valence-electron chi connectivity index (χ0n) is 19.0. The summed E-state index contributed by atoms with van der Waals surface area (Å²) in [5.41, 5.74) is 2.78. The van der Waals surface area contributed by atoms with Crippen molar-refractivity contribution in [1.82, 2.24) is 0 Å². The molecule has 1 amide bonds. The molecule has 35 heavy (non-hydrogen) atoms. The van der Waals surface area contributed by atoms with Crippen molar-refractivity contribution in [2.45, 2.75) is 43.7 Å². The van der Waals surface area contributed by atoms with Gasteiger partial charge in [0.1, 0.15) is 5.75 Å². The first kappa shape index (κ1) is 23.3. The monoisotopic (exact) mass is 498 g/mol. The molecule has 0 spiro atoms. The first-order valence-electron chi connectivity index (χ1n) is 11.4. The van der Waals surface area contributed by atoms with E-state index in [1.54, 1.807) is 24.3 Å². The number of aryl methyl sites for hydroxylation is 1. The number of rotatable bonds is 5. The molecule has 2 aliphatic heterocycles. The largest absolute Gasteiger partial charge is 0.433 e. The highest BCUT2D eigenvalue weighted by Crippen LogP contribution is 2.39. The van der Waals surface area contributed by atoms with Crippen LogP contribution in [0.2, 0.25) is 0 Å². The van der Waals surface area contributed by atoms with Crippen molar-refractivity contribution >= 4 is 27.3 Å². The average molecular weight is 499 g/mol. The SMILES string of the molecule is CC1Cc2ccccc2N1S(=O)(=O)c1cccc(C(=O)N2CCCc3cccc(OC(F)F)c32)c1. The number of hydrogen-bond donors (Lipinski definition) is 0. The summed E-state index contributed by atoms with van der Waals surface area (Å²) in [6.07, 6.45) is 1.88. The number of nitrogens with zero attached hydrogens (tertiary/aromatic N) is 2. The lowest BCUT2D eigenvalue weighted by Crippen LogP contribution is -2.37. The number of para-hydroxylation sites is 2. The van der Waals surface area contributed by atoms with E-state index in [4.69, 9.17) is 0 Å². The Balaban J connectivity index is 1.51. The minimum atomic E-state index is -3.93. The molecule has 0 fully saturated rings. The molecule has 182 valence electrons. The fourth-order valence-electron chi connectivity index (χ4n) is 4.97. The quantitative estimate of drug-likeness (QED) is 0.496. The maximum atomic E-state index is 13.6. The van der Waals surface area contributed by atoms with Crippen LogP contribution in [0.15, 0.2) is 71.6 Å². The van der Waals surface area contributed by atoms with Gasteiger partial charge in [-0.15, -0.1) is 0 Å². The van der Waals surface area contributed by atoms with Crippen molar-refractivity contribution in [2.75, 3.05) is 15.7 Å². The van der Waals surface area contributed by atoms with Gasteiger partial charge >= 0.3 is 6.61 Å². The molecule has 5 rings (SSSR count). The summed E-state index contributed by atoms with van der Waals surface area (Å²) in [5.74, 6) is -0.542. The second-order valence-corrected chi connectivity index (χ2v) is 10.5. The van der Waals surface area contributed by atoms with Crippen molar-refractivity contribution in [1.29, 1.82) is 0 Å². The van der Waals surface area contributed by atoms with Crippen LogP contribution < -0.4 is 13.9 Å². The molecule has 0 aromatic heterocycles. The Morgan fingerprint density at radius 3 is 2.57 bits per heavy atom. The number of carbonyl (C=O) groups excluding carboxylic acids is 1. The van der Waals surface area contributed by atoms with Crippen molar-refractivity contribution < 1.29 is 26.7 Å². The number of benzene rings is 3. The van der Waals surface area contributed by atoms with E-state index in [9.17, 15) is 22.0 Å². The number of anilines is 2. The number of amides is 1. The van der Waals surface area contributed by atoms with E-state index in [2.05, 4.69) is 4.74 Å². The van der Waals surface area contributed by atoms with Crippen molar-refractivity contribution in [3.05, 3.63) is 83.4 Å². The van der Waals surface area contributed by atoms with Crippen LogP contribution in [0.1, 0.15) is 34.8 Å². The van der Waals surface area contributed by atoms with E-state index in [1.807, 2.05) is 19.1 Å². The summed E-state index contributed by atoms with van der Waals surface area (Å²) in [6, 6.07) is 17.8. The lowest BCUT2D eigenvalue weighted by atomic mass is 10.00. The lowest BCUT2D eigenvalue weighted by Gasteiger charge is -2.31. The van der Waals surface area contributed by atoms with Crippen LogP contribution in [0.5, 0.6) is 5.75 Å². The molecule has 1 unspecified atom stereocenters. The van der Waals surface area contributed by atoms with Gasteiger partial charge in [0, 0.05) is 18.2 Å². The molecule has 6 nitrogen and oxygen atoms in total. The molecular weight excluding hydrogens is 474 g/mol. The van der Waals surface area contributed by atoms with Crippen LogP contribution >= 0.6 is 0 Å². The van der Waals surface area contributed by atoms with Gasteiger partial charge in [0.2, 0.25) is 0 Å². The molecule has 1 atom stereocenters. The maximum Gasteiger partial charge on any atom is 0.387 e. The zero-order chi connectivity index (χ0) is 24.7. The Kier molecular flexibility index (Phi) is 5.96. The third-order valence-corrected chi connectivity index (χ3v) is 8.35. The normalized spacial score (nSPS) is 17.3. The van der Waals surface area contributed by atoms with Gasteiger partial charge < -0.3 is 9.64 Å². The molecule has 0 aliphatic carbocycles. The second-order valence-electron chi connectivity index (χ2n) is 8.71. The summed E-state index contributed by atoms with van der Waals surface area (Å²) in [4.78, 5) is 14.9. The Hall–Kier alpha value is -3.46. The molecule has 2 heterocycles. The van der Waals surface area contributed by atoms with Gasteiger partial charge in [0.25, 0.3) is 15.9 Å². The molecule has 0 saturated carbocycles. The molecule has 9 heteroatoms. The topological polar surface area (TPSA) is 66.9 Å². The van der Waals surface area contributed by atoms with Crippen LogP contribution in [-0.4, -0.2) is 33.5 Å². The summed E-state index contributed by atoms with van der Waals surface area (Å²) in [6.45, 7) is -0.871. The third kappa shape index (κ3) is 4.14. The first-order chi connectivity index (χ1) is 16.8. The number of hydrogen-bond acceptors (Lipinski definition) is 4. The lowest BCUT2D eigenvalue weighted by molar-refractivity contribution is -0.0495. The molecule has 0 bridgehead atoms. The number of ether oxygens (including phenoxy) is 1. The molecule has 0 saturated heterocycles. The minimum Gasteiger partial charge on any atom is -0.433 e. The molecule has 0 radical (unpaired) electrons. The van der Waals surface area contributed by atoms with Gasteiger partial charge in [-0.3, -0.25) is 9.10 Å². The van der Waals surface area contributed by atoms with Crippen molar-refractivity contribution in [2.24, 2.45) is 0 Å². The Bertz CT molecular complexity index is 1390. The number of halogens is 2. The Labute approximate surface area is 202 Å². The number of alkyl halides is 2. The molecule has 0 N–H and O–H groups in total. The molecule has 3 aromatic rings. The predicted molar refractivity (Wildman–Crippen MR) is 129 cm³/mol. The Morgan fingerprint density at radius 1 is 1.03 bits per heavy atom. The van der Waals surface area contributed by atoms with Crippen molar-refractivity contribution in [3.8, 4) is 5.75 Å². The average Bonchev–Trinajstić information content (AvgIpc) is 3.19. The smallest absolute Gasteiger partial charge is 0.387 e. The number of fused-ring (bicyclic) bond motifs is 2. The van der Waals surface area contributed by atoms with E-state index in [1.165, 1.54) is 39.5 Å². The van der Waals surface area contributed by atoms with E-state index in [0.29, 0.717) is 37.2 Å². The first-order valence-corrected chi connectivity index (χ1v) is 12.8. The van der Waals surface area contributed by atoms with E-state index in [-0.39, 0.29) is 22.3 Å². The van der Waals surface area contributed by atoms with Crippen LogP contribution in [0.25, 0.3) is 0 Å². The number of carbonyl (C=O) groups is 1. The van der Waals surface area contributed by atoms with Gasteiger partial charge in [0.15, 0.2) is 0 Å². The van der Waals surface area contributed by atoms with Gasteiger partial charge in [-0.05, 0) is 67.6 Å². The Morgan fingerprint density at radius 2 is 1.77 bits per heavy atom.